The van der Waals surface area contributed by atoms with Crippen molar-refractivity contribution in [3.63, 3.8) is 0 Å². The van der Waals surface area contributed by atoms with Gasteiger partial charge in [0.25, 0.3) is 15.0 Å². The Morgan fingerprint density at radius 1 is 1.33 bits per heavy atom. The summed E-state index contributed by atoms with van der Waals surface area (Å²) in [6.45, 7) is 8.68. The quantitative estimate of drug-likeness (QED) is 0.760. The molecule has 0 fully saturated rings. The third-order valence-corrected chi connectivity index (χ3v) is 4.95. The third-order valence-electron chi connectivity index (χ3n) is 2.99. The van der Waals surface area contributed by atoms with Crippen LogP contribution in [0.3, 0.4) is 0 Å². The third kappa shape index (κ3) is 4.59. The molecule has 0 spiro atoms. The Labute approximate surface area is 135 Å². The Morgan fingerprint density at radius 2 is 1.90 bits per heavy atom. The van der Waals surface area contributed by atoms with Crippen LogP contribution in [0.4, 0.5) is 0 Å². The zero-order chi connectivity index (χ0) is 16.4. The van der Waals surface area contributed by atoms with Gasteiger partial charge in [0.05, 0.1) is 5.02 Å². The molecule has 0 bridgehead atoms. The first-order valence-electron chi connectivity index (χ1n) is 6.62. The minimum atomic E-state index is -4.00. The van der Waals surface area contributed by atoms with Crippen LogP contribution < -0.4 is 0 Å². The Morgan fingerprint density at radius 3 is 2.33 bits per heavy atom. The first-order valence-corrected chi connectivity index (χ1v) is 9.30. The fourth-order valence-electron chi connectivity index (χ4n) is 2.02. The predicted octanol–water partition coefficient (Wildman–Crippen LogP) is 3.69. The predicted molar refractivity (Wildman–Crippen MR) is 85.6 cm³/mol. The molecule has 0 saturated heterocycles. The fourth-order valence-corrected chi connectivity index (χ4v) is 3.56. The zero-order valence-corrected chi connectivity index (χ0v) is 14.8. The van der Waals surface area contributed by atoms with E-state index < -0.39 is 9.05 Å². The van der Waals surface area contributed by atoms with Gasteiger partial charge in [0.2, 0.25) is 0 Å². The van der Waals surface area contributed by atoms with E-state index in [1.807, 2.05) is 20.8 Å². The molecule has 0 aliphatic heterocycles. The van der Waals surface area contributed by atoms with E-state index in [0.29, 0.717) is 24.6 Å². The lowest BCUT2D eigenvalue weighted by atomic mass is 10.1. The molecule has 0 aliphatic carbocycles. The van der Waals surface area contributed by atoms with Gasteiger partial charge in [-0.1, -0.05) is 25.4 Å². The van der Waals surface area contributed by atoms with Gasteiger partial charge in [0.15, 0.2) is 0 Å². The number of hydrogen-bond acceptors (Lipinski definition) is 3. The van der Waals surface area contributed by atoms with Crippen LogP contribution in [0.2, 0.25) is 5.02 Å². The summed E-state index contributed by atoms with van der Waals surface area (Å²) in [5.74, 6) is 0.0889. The molecular formula is C14H19Cl2NO3S. The summed E-state index contributed by atoms with van der Waals surface area (Å²) in [7, 11) is 1.38. The Bertz CT molecular complexity index is 642. The van der Waals surface area contributed by atoms with E-state index in [0.717, 1.165) is 0 Å². The van der Waals surface area contributed by atoms with Gasteiger partial charge in [-0.2, -0.15) is 0 Å². The van der Waals surface area contributed by atoms with Gasteiger partial charge >= 0.3 is 0 Å². The van der Waals surface area contributed by atoms with Gasteiger partial charge in [-0.25, -0.2) is 8.42 Å². The number of benzene rings is 1. The summed E-state index contributed by atoms with van der Waals surface area (Å²) in [5.41, 5.74) is 0.779. The zero-order valence-electron chi connectivity index (χ0n) is 12.5. The van der Waals surface area contributed by atoms with Crippen LogP contribution >= 0.6 is 22.3 Å². The topological polar surface area (TPSA) is 54.5 Å². The fraction of sp³-hybridized carbons (Fsp3) is 0.500. The summed E-state index contributed by atoms with van der Waals surface area (Å²) in [4.78, 5) is 13.9. The van der Waals surface area contributed by atoms with E-state index >= 15 is 0 Å². The summed E-state index contributed by atoms with van der Waals surface area (Å²) < 4.78 is 23.1. The molecule has 0 N–H and O–H groups in total. The molecule has 0 aliphatic rings. The maximum Gasteiger partial charge on any atom is 0.262 e. The molecule has 0 aromatic heterocycles. The van der Waals surface area contributed by atoms with Crippen molar-refractivity contribution in [2.45, 2.75) is 32.6 Å². The summed E-state index contributed by atoms with van der Waals surface area (Å²) in [5, 5.41) is 0.0495. The van der Waals surface area contributed by atoms with Crippen molar-refractivity contribution in [3.8, 4) is 0 Å². The highest BCUT2D eigenvalue weighted by Gasteiger charge is 2.22. The number of rotatable bonds is 5. The van der Waals surface area contributed by atoms with E-state index in [1.165, 1.54) is 6.07 Å². The van der Waals surface area contributed by atoms with Crippen LogP contribution in [-0.2, 0) is 9.05 Å². The SMILES string of the molecule is CCN(CC(C)C)C(=O)c1cc(C)c(Cl)c(S(=O)(=O)Cl)c1. The lowest BCUT2D eigenvalue weighted by Crippen LogP contribution is -2.34. The number of nitrogens with zero attached hydrogens (tertiary/aromatic N) is 1. The maximum atomic E-state index is 12.5. The number of halogens is 2. The number of aryl methyl sites for hydroxylation is 1. The molecule has 7 heteroatoms. The van der Waals surface area contributed by atoms with Crippen LogP contribution in [0.15, 0.2) is 17.0 Å². The van der Waals surface area contributed by atoms with Gasteiger partial charge in [0, 0.05) is 29.3 Å². The molecule has 4 nitrogen and oxygen atoms in total. The van der Waals surface area contributed by atoms with E-state index in [2.05, 4.69) is 0 Å². The highest BCUT2D eigenvalue weighted by Crippen LogP contribution is 2.29. The molecule has 1 amide bonds. The second kappa shape index (κ2) is 6.99. The van der Waals surface area contributed by atoms with Crippen molar-refractivity contribution in [2.24, 2.45) is 5.92 Å². The van der Waals surface area contributed by atoms with Crippen molar-refractivity contribution in [3.05, 3.63) is 28.3 Å². The molecule has 0 heterocycles. The van der Waals surface area contributed by atoms with Gasteiger partial charge < -0.3 is 4.90 Å². The van der Waals surface area contributed by atoms with Gasteiger partial charge in [-0.15, -0.1) is 0 Å². The largest absolute Gasteiger partial charge is 0.339 e. The molecule has 0 atom stereocenters. The van der Waals surface area contributed by atoms with Gasteiger partial charge in [-0.3, -0.25) is 4.79 Å². The van der Waals surface area contributed by atoms with Crippen LogP contribution in [0.1, 0.15) is 36.7 Å². The molecule has 0 saturated carbocycles. The summed E-state index contributed by atoms with van der Waals surface area (Å²) >= 11 is 5.96. The number of carbonyl (C=O) groups is 1. The van der Waals surface area contributed by atoms with Crippen LogP contribution in [0, 0.1) is 12.8 Å². The number of amides is 1. The van der Waals surface area contributed by atoms with E-state index in [9.17, 15) is 13.2 Å². The van der Waals surface area contributed by atoms with E-state index in [1.54, 1.807) is 17.9 Å². The minimum Gasteiger partial charge on any atom is -0.339 e. The number of hydrogen-bond donors (Lipinski definition) is 0. The maximum absolute atomic E-state index is 12.5. The summed E-state index contributed by atoms with van der Waals surface area (Å²) in [6.07, 6.45) is 0. The molecule has 118 valence electrons. The van der Waals surface area contributed by atoms with E-state index in [4.69, 9.17) is 22.3 Å². The first kappa shape index (κ1) is 18.3. The molecule has 1 aromatic rings. The second-order valence-electron chi connectivity index (χ2n) is 5.28. The number of carbonyl (C=O) groups excluding carboxylic acids is 1. The standard InChI is InChI=1S/C14H19Cl2NO3S/c1-5-17(8-9(2)3)14(18)11-6-10(4)13(15)12(7-11)21(16,19)20/h6-7,9H,5,8H2,1-4H3. The molecule has 21 heavy (non-hydrogen) atoms. The smallest absolute Gasteiger partial charge is 0.262 e. The second-order valence-corrected chi connectivity index (χ2v) is 8.19. The molecule has 0 radical (unpaired) electrons. The lowest BCUT2D eigenvalue weighted by molar-refractivity contribution is 0.0745. The Hall–Kier alpha value is -0.780. The van der Waals surface area contributed by atoms with Crippen molar-refractivity contribution >= 4 is 37.2 Å². The highest BCUT2D eigenvalue weighted by molar-refractivity contribution is 8.13. The average Bonchev–Trinajstić information content (AvgIpc) is 2.36. The molecular weight excluding hydrogens is 333 g/mol. The highest BCUT2D eigenvalue weighted by atomic mass is 35.7. The molecule has 1 aromatic carbocycles. The van der Waals surface area contributed by atoms with Crippen LogP contribution in [0.25, 0.3) is 0 Å². The minimum absolute atomic E-state index is 0.0495. The van der Waals surface area contributed by atoms with Crippen molar-refractivity contribution in [2.75, 3.05) is 13.1 Å². The summed E-state index contributed by atoms with van der Waals surface area (Å²) in [6, 6.07) is 2.82. The van der Waals surface area contributed by atoms with Crippen LogP contribution in [-0.4, -0.2) is 32.3 Å². The first-order chi connectivity index (χ1) is 9.57. The average molecular weight is 352 g/mol. The van der Waals surface area contributed by atoms with Crippen molar-refractivity contribution in [1.82, 2.24) is 4.90 Å². The van der Waals surface area contributed by atoms with Gasteiger partial charge in [0.1, 0.15) is 4.90 Å². The Kier molecular flexibility index (Phi) is 6.08. The Balaban J connectivity index is 3.31. The lowest BCUT2D eigenvalue weighted by Gasteiger charge is -2.23. The molecule has 1 rings (SSSR count). The van der Waals surface area contributed by atoms with Crippen molar-refractivity contribution < 1.29 is 13.2 Å². The van der Waals surface area contributed by atoms with Gasteiger partial charge in [-0.05, 0) is 37.5 Å². The van der Waals surface area contributed by atoms with Crippen LogP contribution in [0.5, 0.6) is 0 Å². The normalized spacial score (nSPS) is 11.8. The monoisotopic (exact) mass is 351 g/mol. The van der Waals surface area contributed by atoms with E-state index in [-0.39, 0.29) is 21.4 Å². The molecule has 0 unspecified atom stereocenters. The van der Waals surface area contributed by atoms with Crippen molar-refractivity contribution in [1.29, 1.82) is 0 Å².